The Kier molecular flexibility index (Phi) is 3.01. The molecular formula is C12H17NO4S. The standard InChI is InChI=1S/C12H17NO4S/c1-9-10(4-6-17-9)11(14)13-5-7-18(15,16)12(2,3)8-13/h4,6H,5,7-8H2,1-3H3. The van der Waals surface area contributed by atoms with Crippen LogP contribution < -0.4 is 0 Å². The summed E-state index contributed by atoms with van der Waals surface area (Å²) in [5.41, 5.74) is 0.505. The van der Waals surface area contributed by atoms with Gasteiger partial charge in [-0.3, -0.25) is 4.79 Å². The van der Waals surface area contributed by atoms with Crippen LogP contribution >= 0.6 is 0 Å². The topological polar surface area (TPSA) is 67.6 Å². The van der Waals surface area contributed by atoms with Crippen molar-refractivity contribution in [3.8, 4) is 0 Å². The van der Waals surface area contributed by atoms with Crippen molar-refractivity contribution in [2.24, 2.45) is 0 Å². The van der Waals surface area contributed by atoms with E-state index in [1.54, 1.807) is 31.7 Å². The highest BCUT2D eigenvalue weighted by molar-refractivity contribution is 7.92. The van der Waals surface area contributed by atoms with Gasteiger partial charge >= 0.3 is 0 Å². The van der Waals surface area contributed by atoms with Gasteiger partial charge < -0.3 is 9.32 Å². The molecule has 0 saturated carbocycles. The van der Waals surface area contributed by atoms with Crippen molar-refractivity contribution in [3.63, 3.8) is 0 Å². The molecule has 1 saturated heterocycles. The van der Waals surface area contributed by atoms with Gasteiger partial charge in [0.2, 0.25) is 0 Å². The quantitative estimate of drug-likeness (QED) is 0.770. The number of rotatable bonds is 1. The number of carbonyl (C=O) groups excluding carboxylic acids is 1. The predicted molar refractivity (Wildman–Crippen MR) is 67.2 cm³/mol. The smallest absolute Gasteiger partial charge is 0.257 e. The van der Waals surface area contributed by atoms with Crippen molar-refractivity contribution in [3.05, 3.63) is 23.7 Å². The largest absolute Gasteiger partial charge is 0.469 e. The van der Waals surface area contributed by atoms with Gasteiger partial charge in [0.1, 0.15) is 5.76 Å². The van der Waals surface area contributed by atoms with E-state index in [4.69, 9.17) is 4.42 Å². The zero-order valence-corrected chi connectivity index (χ0v) is 11.6. The molecule has 5 nitrogen and oxygen atoms in total. The Morgan fingerprint density at radius 3 is 2.61 bits per heavy atom. The molecule has 2 rings (SSSR count). The second-order valence-electron chi connectivity index (χ2n) is 5.20. The number of amides is 1. The van der Waals surface area contributed by atoms with Gasteiger partial charge in [0.25, 0.3) is 5.91 Å². The number of carbonyl (C=O) groups is 1. The van der Waals surface area contributed by atoms with Gasteiger partial charge in [-0.25, -0.2) is 8.42 Å². The Labute approximate surface area is 107 Å². The molecule has 1 fully saturated rings. The Morgan fingerprint density at radius 1 is 1.44 bits per heavy atom. The van der Waals surface area contributed by atoms with Crippen LogP contribution in [0.5, 0.6) is 0 Å². The summed E-state index contributed by atoms with van der Waals surface area (Å²) in [6.07, 6.45) is 1.47. The number of nitrogens with zero attached hydrogens (tertiary/aromatic N) is 1. The van der Waals surface area contributed by atoms with E-state index in [-0.39, 0.29) is 24.7 Å². The van der Waals surface area contributed by atoms with Crippen LogP contribution in [-0.2, 0) is 9.84 Å². The van der Waals surface area contributed by atoms with Gasteiger partial charge in [-0.2, -0.15) is 0 Å². The van der Waals surface area contributed by atoms with E-state index in [1.165, 1.54) is 6.26 Å². The second-order valence-corrected chi connectivity index (χ2v) is 7.94. The van der Waals surface area contributed by atoms with Crippen molar-refractivity contribution in [1.29, 1.82) is 0 Å². The van der Waals surface area contributed by atoms with Crippen molar-refractivity contribution in [1.82, 2.24) is 4.90 Å². The lowest BCUT2D eigenvalue weighted by atomic mass is 10.1. The van der Waals surface area contributed by atoms with Gasteiger partial charge in [0, 0.05) is 13.1 Å². The van der Waals surface area contributed by atoms with E-state index in [0.717, 1.165) is 0 Å². The molecule has 0 aromatic carbocycles. The summed E-state index contributed by atoms with van der Waals surface area (Å²) in [6.45, 7) is 5.50. The summed E-state index contributed by atoms with van der Waals surface area (Å²) >= 11 is 0. The lowest BCUT2D eigenvalue weighted by Gasteiger charge is -2.37. The Bertz CT molecular complexity index is 571. The van der Waals surface area contributed by atoms with Crippen LogP contribution in [0.3, 0.4) is 0 Å². The molecule has 1 aliphatic rings. The maximum absolute atomic E-state index is 12.3. The van der Waals surface area contributed by atoms with Crippen LogP contribution in [0.1, 0.15) is 30.0 Å². The van der Waals surface area contributed by atoms with Crippen LogP contribution in [0.15, 0.2) is 16.7 Å². The van der Waals surface area contributed by atoms with Crippen molar-refractivity contribution in [2.75, 3.05) is 18.8 Å². The Hall–Kier alpha value is -1.30. The molecule has 1 amide bonds. The molecule has 0 spiro atoms. The third-order valence-corrected chi connectivity index (χ3v) is 5.95. The van der Waals surface area contributed by atoms with Crippen LogP contribution in [0.25, 0.3) is 0 Å². The molecule has 1 aromatic heterocycles. The summed E-state index contributed by atoms with van der Waals surface area (Å²) in [7, 11) is -3.12. The summed E-state index contributed by atoms with van der Waals surface area (Å²) in [5, 5.41) is 0. The first-order chi connectivity index (χ1) is 8.24. The molecule has 1 aromatic rings. The summed E-state index contributed by atoms with van der Waals surface area (Å²) in [5.74, 6) is 0.415. The Balaban J connectivity index is 2.23. The fourth-order valence-electron chi connectivity index (χ4n) is 2.09. The molecule has 18 heavy (non-hydrogen) atoms. The van der Waals surface area contributed by atoms with E-state index >= 15 is 0 Å². The number of sulfone groups is 1. The molecule has 0 unspecified atom stereocenters. The van der Waals surface area contributed by atoms with Crippen LogP contribution in [-0.4, -0.2) is 42.8 Å². The highest BCUT2D eigenvalue weighted by Gasteiger charge is 2.41. The van der Waals surface area contributed by atoms with Crippen molar-refractivity contribution in [2.45, 2.75) is 25.5 Å². The van der Waals surface area contributed by atoms with E-state index < -0.39 is 14.6 Å². The maximum atomic E-state index is 12.3. The SMILES string of the molecule is Cc1occc1C(=O)N1CCS(=O)(=O)C(C)(C)C1. The average molecular weight is 271 g/mol. The molecular weight excluding hydrogens is 254 g/mol. The highest BCUT2D eigenvalue weighted by atomic mass is 32.2. The molecule has 0 radical (unpaired) electrons. The Morgan fingerprint density at radius 2 is 2.11 bits per heavy atom. The minimum absolute atomic E-state index is 0.0165. The molecule has 0 N–H and O–H groups in total. The number of hydrogen-bond acceptors (Lipinski definition) is 4. The molecule has 100 valence electrons. The lowest BCUT2D eigenvalue weighted by Crippen LogP contribution is -2.54. The molecule has 0 bridgehead atoms. The van der Waals surface area contributed by atoms with Crippen molar-refractivity contribution >= 4 is 15.7 Å². The van der Waals surface area contributed by atoms with Gasteiger partial charge in [0.05, 0.1) is 22.3 Å². The first-order valence-electron chi connectivity index (χ1n) is 5.80. The van der Waals surface area contributed by atoms with Gasteiger partial charge in [-0.1, -0.05) is 0 Å². The molecule has 0 atom stereocenters. The summed E-state index contributed by atoms with van der Waals surface area (Å²) < 4.78 is 28.0. The monoisotopic (exact) mass is 271 g/mol. The fraction of sp³-hybridized carbons (Fsp3) is 0.583. The lowest BCUT2D eigenvalue weighted by molar-refractivity contribution is 0.0742. The average Bonchev–Trinajstić information content (AvgIpc) is 2.68. The van der Waals surface area contributed by atoms with Crippen molar-refractivity contribution < 1.29 is 17.6 Å². The van der Waals surface area contributed by atoms with E-state index in [0.29, 0.717) is 11.3 Å². The van der Waals surface area contributed by atoms with E-state index in [2.05, 4.69) is 0 Å². The van der Waals surface area contributed by atoms with Gasteiger partial charge in [-0.15, -0.1) is 0 Å². The molecule has 0 aliphatic carbocycles. The summed E-state index contributed by atoms with van der Waals surface area (Å²) in [6, 6.07) is 1.62. The minimum atomic E-state index is -3.12. The zero-order chi connectivity index (χ0) is 13.6. The van der Waals surface area contributed by atoms with Crippen LogP contribution in [0.4, 0.5) is 0 Å². The maximum Gasteiger partial charge on any atom is 0.257 e. The number of aryl methyl sites for hydroxylation is 1. The molecule has 6 heteroatoms. The second kappa shape index (κ2) is 4.12. The van der Waals surface area contributed by atoms with E-state index in [1.807, 2.05) is 0 Å². The summed E-state index contributed by atoms with van der Waals surface area (Å²) in [4.78, 5) is 13.8. The fourth-order valence-corrected chi connectivity index (χ4v) is 3.46. The highest BCUT2D eigenvalue weighted by Crippen LogP contribution is 2.25. The minimum Gasteiger partial charge on any atom is -0.469 e. The van der Waals surface area contributed by atoms with Gasteiger partial charge in [-0.05, 0) is 26.8 Å². The molecule has 2 heterocycles. The number of hydrogen-bond donors (Lipinski definition) is 0. The molecule has 1 aliphatic heterocycles. The first-order valence-corrected chi connectivity index (χ1v) is 7.45. The normalized spacial score (nSPS) is 21.8. The number of furan rings is 1. The predicted octanol–water partition coefficient (Wildman–Crippen LogP) is 1.24. The zero-order valence-electron chi connectivity index (χ0n) is 10.8. The third kappa shape index (κ3) is 2.05. The van der Waals surface area contributed by atoms with Crippen LogP contribution in [0, 0.1) is 6.92 Å². The first kappa shape index (κ1) is 13.1. The van der Waals surface area contributed by atoms with Crippen LogP contribution in [0.2, 0.25) is 0 Å². The third-order valence-electron chi connectivity index (χ3n) is 3.42. The van der Waals surface area contributed by atoms with E-state index in [9.17, 15) is 13.2 Å². The van der Waals surface area contributed by atoms with Gasteiger partial charge in [0.15, 0.2) is 9.84 Å².